The lowest BCUT2D eigenvalue weighted by Gasteiger charge is -2.14. The summed E-state index contributed by atoms with van der Waals surface area (Å²) in [6.45, 7) is 0. The average Bonchev–Trinajstić information content (AvgIpc) is 2.92. The van der Waals surface area contributed by atoms with Gasteiger partial charge in [-0.15, -0.1) is 0 Å². The number of halogens is 4. The van der Waals surface area contributed by atoms with E-state index in [1.54, 1.807) is 12.1 Å². The van der Waals surface area contributed by atoms with Gasteiger partial charge in [0.2, 0.25) is 0 Å². The molecule has 0 radical (unpaired) electrons. The molecule has 3 rings (SSSR count). The summed E-state index contributed by atoms with van der Waals surface area (Å²) in [5.41, 5.74) is -2.45. The van der Waals surface area contributed by atoms with Gasteiger partial charge in [-0.3, -0.25) is 9.36 Å². The average molecular weight is 420 g/mol. The van der Waals surface area contributed by atoms with E-state index in [0.29, 0.717) is 20.5 Å². The zero-order chi connectivity index (χ0) is 17.6. The van der Waals surface area contributed by atoms with Crippen LogP contribution in [0.25, 0.3) is 15.8 Å². The predicted octanol–water partition coefficient (Wildman–Crippen LogP) is 3.06. The van der Waals surface area contributed by atoms with Crippen LogP contribution in [0.1, 0.15) is 11.4 Å². The second-order valence-electron chi connectivity index (χ2n) is 4.99. The Kier molecular flexibility index (Phi) is 4.12. The summed E-state index contributed by atoms with van der Waals surface area (Å²) >= 11 is 4.56. The lowest BCUT2D eigenvalue weighted by Crippen LogP contribution is -2.40. The van der Waals surface area contributed by atoms with Crippen molar-refractivity contribution in [3.8, 4) is 5.69 Å². The van der Waals surface area contributed by atoms with Gasteiger partial charge >= 0.3 is 11.9 Å². The first kappa shape index (κ1) is 16.9. The van der Waals surface area contributed by atoms with E-state index in [1.807, 2.05) is 0 Å². The van der Waals surface area contributed by atoms with Crippen molar-refractivity contribution in [3.05, 3.63) is 56.5 Å². The fraction of sp³-hybridized carbons (Fsp3) is 0.214. The van der Waals surface area contributed by atoms with E-state index in [0.717, 1.165) is 22.8 Å². The minimum atomic E-state index is -4.78. The van der Waals surface area contributed by atoms with Gasteiger partial charge in [0.1, 0.15) is 5.69 Å². The molecular weight excluding hydrogens is 411 g/mol. The highest BCUT2D eigenvalue weighted by Crippen LogP contribution is 2.28. The third kappa shape index (κ3) is 2.69. The van der Waals surface area contributed by atoms with Crippen LogP contribution in [-0.4, -0.2) is 13.5 Å². The maximum atomic E-state index is 12.9. The van der Waals surface area contributed by atoms with Crippen LogP contribution in [0.2, 0.25) is 0 Å². The molecular formula is C14H9BrF3N3O2S. The number of benzene rings is 1. The number of hydrogen-bond donors (Lipinski definition) is 0. The lowest BCUT2D eigenvalue weighted by molar-refractivity contribution is -0.144. The third-order valence-corrected chi connectivity index (χ3v) is 4.92. The Morgan fingerprint density at radius 1 is 1.25 bits per heavy atom. The molecule has 5 nitrogen and oxygen atoms in total. The number of rotatable bonds is 2. The van der Waals surface area contributed by atoms with Gasteiger partial charge in [-0.25, -0.2) is 9.36 Å². The Morgan fingerprint density at radius 2 is 1.96 bits per heavy atom. The Bertz CT molecular complexity index is 1050. The van der Waals surface area contributed by atoms with Crippen molar-refractivity contribution in [3.63, 3.8) is 0 Å². The van der Waals surface area contributed by atoms with Crippen LogP contribution in [0.15, 0.2) is 33.9 Å². The van der Waals surface area contributed by atoms with Gasteiger partial charge in [0.25, 0.3) is 5.56 Å². The molecule has 10 heteroatoms. The molecule has 0 amide bonds. The largest absolute Gasteiger partial charge is 0.431 e. The SMILES string of the molecule is Cn1c(C(F)(F)F)cc(=O)n(-c2ccc3snc(CBr)c3c2)c1=O. The molecule has 3 aromatic rings. The molecule has 0 saturated carbocycles. The van der Waals surface area contributed by atoms with Crippen molar-refractivity contribution >= 4 is 37.5 Å². The molecule has 0 spiro atoms. The minimum Gasteiger partial charge on any atom is -0.292 e. The molecule has 0 bridgehead atoms. The molecule has 0 aliphatic rings. The highest BCUT2D eigenvalue weighted by atomic mass is 79.9. The van der Waals surface area contributed by atoms with Gasteiger partial charge in [0.05, 0.1) is 16.1 Å². The van der Waals surface area contributed by atoms with Gasteiger partial charge < -0.3 is 0 Å². The minimum absolute atomic E-state index is 0.198. The first-order valence-electron chi connectivity index (χ1n) is 6.59. The molecule has 2 heterocycles. The molecule has 2 aromatic heterocycles. The van der Waals surface area contributed by atoms with Gasteiger partial charge in [0.15, 0.2) is 0 Å². The van der Waals surface area contributed by atoms with Crippen LogP contribution in [0.4, 0.5) is 13.2 Å². The fourth-order valence-electron chi connectivity index (χ4n) is 2.35. The maximum absolute atomic E-state index is 12.9. The third-order valence-electron chi connectivity index (χ3n) is 3.52. The van der Waals surface area contributed by atoms with Crippen LogP contribution in [0.5, 0.6) is 0 Å². The van der Waals surface area contributed by atoms with E-state index in [9.17, 15) is 22.8 Å². The number of fused-ring (bicyclic) bond motifs is 1. The molecule has 0 aliphatic carbocycles. The molecule has 0 unspecified atom stereocenters. The van der Waals surface area contributed by atoms with Crippen molar-refractivity contribution in [2.24, 2.45) is 7.05 Å². The molecule has 0 fully saturated rings. The van der Waals surface area contributed by atoms with E-state index >= 15 is 0 Å². The summed E-state index contributed by atoms with van der Waals surface area (Å²) in [4.78, 5) is 24.4. The van der Waals surface area contributed by atoms with Crippen LogP contribution < -0.4 is 11.2 Å². The summed E-state index contributed by atoms with van der Waals surface area (Å²) < 4.78 is 44.9. The van der Waals surface area contributed by atoms with Crippen molar-refractivity contribution in [2.45, 2.75) is 11.5 Å². The second-order valence-corrected chi connectivity index (χ2v) is 6.35. The Balaban J connectivity index is 2.29. The molecule has 0 saturated heterocycles. The van der Waals surface area contributed by atoms with Crippen LogP contribution in [-0.2, 0) is 18.6 Å². The van der Waals surface area contributed by atoms with Crippen molar-refractivity contribution in [1.82, 2.24) is 13.5 Å². The van der Waals surface area contributed by atoms with Crippen LogP contribution in [0.3, 0.4) is 0 Å². The first-order valence-corrected chi connectivity index (χ1v) is 8.48. The van der Waals surface area contributed by atoms with Crippen LogP contribution >= 0.6 is 27.5 Å². The van der Waals surface area contributed by atoms with E-state index in [4.69, 9.17) is 0 Å². The number of nitrogens with zero attached hydrogens (tertiary/aromatic N) is 3. The maximum Gasteiger partial charge on any atom is 0.431 e. The number of aromatic nitrogens is 3. The Hall–Kier alpha value is -1.94. The molecule has 1 aromatic carbocycles. The molecule has 24 heavy (non-hydrogen) atoms. The van der Waals surface area contributed by atoms with E-state index in [2.05, 4.69) is 20.3 Å². The fourth-order valence-corrected chi connectivity index (χ4v) is 3.72. The van der Waals surface area contributed by atoms with Gasteiger partial charge in [-0.1, -0.05) is 15.9 Å². The van der Waals surface area contributed by atoms with E-state index < -0.39 is 23.1 Å². The van der Waals surface area contributed by atoms with Gasteiger partial charge in [-0.2, -0.15) is 17.5 Å². The monoisotopic (exact) mass is 419 g/mol. The molecule has 0 N–H and O–H groups in total. The number of alkyl halides is 4. The normalized spacial score (nSPS) is 12.0. The summed E-state index contributed by atoms with van der Waals surface area (Å²) in [5, 5.41) is 1.22. The Labute approximate surface area is 145 Å². The lowest BCUT2D eigenvalue weighted by atomic mass is 10.2. The van der Waals surface area contributed by atoms with Gasteiger partial charge in [0, 0.05) is 23.8 Å². The zero-order valence-electron chi connectivity index (χ0n) is 12.1. The Morgan fingerprint density at radius 3 is 2.58 bits per heavy atom. The smallest absolute Gasteiger partial charge is 0.292 e. The topological polar surface area (TPSA) is 56.9 Å². The highest BCUT2D eigenvalue weighted by Gasteiger charge is 2.35. The zero-order valence-corrected chi connectivity index (χ0v) is 14.5. The van der Waals surface area contributed by atoms with E-state index in [-0.39, 0.29) is 5.69 Å². The van der Waals surface area contributed by atoms with Crippen LogP contribution in [0, 0.1) is 0 Å². The predicted molar refractivity (Wildman–Crippen MR) is 88.1 cm³/mol. The second kappa shape index (κ2) is 5.85. The molecule has 126 valence electrons. The van der Waals surface area contributed by atoms with Crippen molar-refractivity contribution in [2.75, 3.05) is 0 Å². The van der Waals surface area contributed by atoms with E-state index in [1.165, 1.54) is 17.6 Å². The molecule has 0 atom stereocenters. The van der Waals surface area contributed by atoms with Gasteiger partial charge in [-0.05, 0) is 29.7 Å². The summed E-state index contributed by atoms with van der Waals surface area (Å²) in [7, 11) is 0.982. The quantitative estimate of drug-likeness (QED) is 0.599. The highest BCUT2D eigenvalue weighted by molar-refractivity contribution is 9.08. The summed E-state index contributed by atoms with van der Waals surface area (Å²) in [6.07, 6.45) is -4.78. The standard InChI is InChI=1S/C14H9BrF3N3O2S/c1-20-11(14(16,17)18)5-12(22)21(13(20)23)7-2-3-10-8(4-7)9(6-15)19-24-10/h2-5H,6H2,1H3. The van der Waals surface area contributed by atoms with Crippen molar-refractivity contribution in [1.29, 1.82) is 0 Å². The first-order chi connectivity index (χ1) is 11.2. The summed E-state index contributed by atoms with van der Waals surface area (Å²) in [5.74, 6) is 0. The van der Waals surface area contributed by atoms with Crippen molar-refractivity contribution < 1.29 is 13.2 Å². The summed E-state index contributed by atoms with van der Waals surface area (Å²) in [6, 6.07) is 5.18. The molecule has 0 aliphatic heterocycles. The number of hydrogen-bond acceptors (Lipinski definition) is 4.